The van der Waals surface area contributed by atoms with E-state index in [2.05, 4.69) is 49.4 Å². The van der Waals surface area contributed by atoms with Crippen LogP contribution in [0.3, 0.4) is 0 Å². The van der Waals surface area contributed by atoms with Gasteiger partial charge in [-0.25, -0.2) is 4.98 Å². The van der Waals surface area contributed by atoms with Gasteiger partial charge in [0.2, 0.25) is 5.91 Å². The zero-order valence-corrected chi connectivity index (χ0v) is 17.6. The zero-order chi connectivity index (χ0) is 20.6. The van der Waals surface area contributed by atoms with Crippen LogP contribution in [0.5, 0.6) is 0 Å². The van der Waals surface area contributed by atoms with Gasteiger partial charge in [0.1, 0.15) is 5.82 Å². The number of imidazole rings is 1. The van der Waals surface area contributed by atoms with Crippen LogP contribution in [0.4, 0.5) is 0 Å². The van der Waals surface area contributed by atoms with Crippen molar-refractivity contribution in [2.75, 3.05) is 20.1 Å². The topological polar surface area (TPSA) is 74.6 Å². The van der Waals surface area contributed by atoms with E-state index in [0.29, 0.717) is 12.6 Å². The van der Waals surface area contributed by atoms with Gasteiger partial charge in [-0.05, 0) is 18.4 Å². The number of carbonyl (C=O) groups excluding carboxylic acids is 1. The van der Waals surface area contributed by atoms with E-state index in [4.69, 9.17) is 0 Å². The highest BCUT2D eigenvalue weighted by Gasteiger charge is 2.24. The highest BCUT2D eigenvalue weighted by molar-refractivity contribution is 5.80. The fourth-order valence-corrected chi connectivity index (χ4v) is 3.59. The Hall–Kier alpha value is -2.83. The first kappa shape index (κ1) is 20.9. The molecule has 1 aromatic heterocycles. The van der Waals surface area contributed by atoms with Crippen LogP contribution >= 0.6 is 0 Å². The van der Waals surface area contributed by atoms with Gasteiger partial charge in [0.05, 0.1) is 6.54 Å². The number of aromatic nitrogens is 2. The van der Waals surface area contributed by atoms with Crippen LogP contribution in [0.25, 0.3) is 0 Å². The summed E-state index contributed by atoms with van der Waals surface area (Å²) in [6.45, 7) is 6.91. The normalized spacial score (nSPS) is 15.6. The first-order chi connectivity index (χ1) is 14.1. The lowest BCUT2D eigenvalue weighted by Crippen LogP contribution is -2.50. The van der Waals surface area contributed by atoms with Gasteiger partial charge in [-0.1, -0.05) is 44.2 Å². The van der Waals surface area contributed by atoms with Gasteiger partial charge in [-0.3, -0.25) is 9.79 Å². The highest BCUT2D eigenvalue weighted by atomic mass is 16.2. The van der Waals surface area contributed by atoms with Crippen molar-refractivity contribution in [3.8, 4) is 0 Å². The summed E-state index contributed by atoms with van der Waals surface area (Å²) in [4.78, 5) is 23.0. The maximum absolute atomic E-state index is 12.1. The van der Waals surface area contributed by atoms with Gasteiger partial charge in [0.15, 0.2) is 5.96 Å². The minimum atomic E-state index is 0.0635. The maximum atomic E-state index is 12.1. The zero-order valence-electron chi connectivity index (χ0n) is 17.6. The number of carbonyl (C=O) groups is 1. The van der Waals surface area contributed by atoms with Gasteiger partial charge in [-0.2, -0.15) is 0 Å². The average molecular weight is 397 g/mol. The second kappa shape index (κ2) is 10.1. The fraction of sp³-hybridized carbons (Fsp3) is 0.500. The second-order valence-corrected chi connectivity index (χ2v) is 7.78. The summed E-state index contributed by atoms with van der Waals surface area (Å²) in [6.07, 6.45) is 5.70. The molecule has 0 saturated carbocycles. The minimum Gasteiger partial charge on any atom is -0.354 e. The Kier molecular flexibility index (Phi) is 7.27. The van der Waals surface area contributed by atoms with E-state index in [1.807, 2.05) is 37.2 Å². The minimum absolute atomic E-state index is 0.0635. The third-order valence-corrected chi connectivity index (χ3v) is 5.28. The van der Waals surface area contributed by atoms with Crippen molar-refractivity contribution in [1.29, 1.82) is 0 Å². The number of likely N-dealkylation sites (tertiary alicyclic amines) is 1. The van der Waals surface area contributed by atoms with Crippen LogP contribution in [0.15, 0.2) is 47.7 Å². The molecule has 2 heterocycles. The van der Waals surface area contributed by atoms with Crippen molar-refractivity contribution in [2.45, 2.75) is 45.8 Å². The van der Waals surface area contributed by atoms with Crippen LogP contribution in [-0.4, -0.2) is 52.5 Å². The summed E-state index contributed by atoms with van der Waals surface area (Å²) in [5.74, 6) is 2.05. The monoisotopic (exact) mass is 396 g/mol. The summed E-state index contributed by atoms with van der Waals surface area (Å²) in [5.41, 5.74) is 1.25. The summed E-state index contributed by atoms with van der Waals surface area (Å²) in [7, 11) is 1.78. The molecule has 7 nitrogen and oxygen atoms in total. The number of benzene rings is 1. The van der Waals surface area contributed by atoms with Gasteiger partial charge >= 0.3 is 0 Å². The lowest BCUT2D eigenvalue weighted by Gasteiger charge is -2.34. The predicted molar refractivity (Wildman–Crippen MR) is 116 cm³/mol. The van der Waals surface area contributed by atoms with Crippen molar-refractivity contribution in [2.24, 2.45) is 10.9 Å². The van der Waals surface area contributed by atoms with E-state index in [1.165, 1.54) is 5.56 Å². The summed E-state index contributed by atoms with van der Waals surface area (Å²) in [5, 5.41) is 6.86. The van der Waals surface area contributed by atoms with Crippen LogP contribution in [-0.2, 0) is 17.9 Å². The number of hydrogen-bond donors (Lipinski definition) is 2. The van der Waals surface area contributed by atoms with Crippen LogP contribution in [0.2, 0.25) is 0 Å². The Balaban J connectivity index is 1.48. The number of nitrogens with zero attached hydrogens (tertiary/aromatic N) is 4. The summed E-state index contributed by atoms with van der Waals surface area (Å²) < 4.78 is 2.14. The van der Waals surface area contributed by atoms with Crippen LogP contribution in [0, 0.1) is 5.92 Å². The molecule has 2 aromatic rings. The predicted octanol–water partition coefficient (Wildman–Crippen LogP) is 2.24. The van der Waals surface area contributed by atoms with Crippen LogP contribution < -0.4 is 10.6 Å². The van der Waals surface area contributed by atoms with Crippen molar-refractivity contribution in [1.82, 2.24) is 25.1 Å². The first-order valence-corrected chi connectivity index (χ1v) is 10.4. The van der Waals surface area contributed by atoms with Gasteiger partial charge < -0.3 is 20.1 Å². The Labute approximate surface area is 173 Å². The van der Waals surface area contributed by atoms with Crippen molar-refractivity contribution < 1.29 is 4.79 Å². The lowest BCUT2D eigenvalue weighted by molar-refractivity contribution is -0.135. The molecular formula is C22H32N6O. The van der Waals surface area contributed by atoms with Crippen molar-refractivity contribution >= 4 is 11.9 Å². The van der Waals surface area contributed by atoms with E-state index in [0.717, 1.165) is 44.3 Å². The standard InChI is InChI=1S/C22H32N6O/c1-17(2)21(29)27-12-9-19(10-13-27)26-22(23-3)25-15-20-24-11-14-28(20)16-18-7-5-4-6-8-18/h4-8,11,14,17,19H,9-10,12-13,15-16H2,1-3H3,(H2,23,25,26). The van der Waals surface area contributed by atoms with Gasteiger partial charge in [0, 0.05) is 51.0 Å². The fourth-order valence-electron chi connectivity index (χ4n) is 3.59. The van der Waals surface area contributed by atoms with Crippen LogP contribution in [0.1, 0.15) is 38.1 Å². The lowest BCUT2D eigenvalue weighted by atomic mass is 10.0. The number of rotatable bonds is 6. The summed E-state index contributed by atoms with van der Waals surface area (Å²) in [6, 6.07) is 10.7. The maximum Gasteiger partial charge on any atom is 0.225 e. The average Bonchev–Trinajstić information content (AvgIpc) is 3.18. The molecule has 1 aromatic carbocycles. The number of amides is 1. The quantitative estimate of drug-likeness (QED) is 0.580. The largest absolute Gasteiger partial charge is 0.354 e. The van der Waals surface area contributed by atoms with E-state index in [-0.39, 0.29) is 11.8 Å². The Morgan fingerprint density at radius 1 is 1.24 bits per heavy atom. The second-order valence-electron chi connectivity index (χ2n) is 7.78. The molecule has 1 fully saturated rings. The number of aliphatic imine (C=N–C) groups is 1. The third kappa shape index (κ3) is 5.82. The molecule has 3 rings (SSSR count). The van der Waals surface area contributed by atoms with Crippen molar-refractivity contribution in [3.63, 3.8) is 0 Å². The van der Waals surface area contributed by atoms with Gasteiger partial charge in [0.25, 0.3) is 0 Å². The first-order valence-electron chi connectivity index (χ1n) is 10.4. The van der Waals surface area contributed by atoms with Gasteiger partial charge in [-0.15, -0.1) is 0 Å². The molecule has 1 amide bonds. The number of hydrogen-bond acceptors (Lipinski definition) is 3. The molecule has 0 spiro atoms. The van der Waals surface area contributed by atoms with Crippen molar-refractivity contribution in [3.05, 3.63) is 54.1 Å². The molecule has 7 heteroatoms. The third-order valence-electron chi connectivity index (χ3n) is 5.28. The highest BCUT2D eigenvalue weighted by Crippen LogP contribution is 2.13. The molecule has 0 bridgehead atoms. The molecule has 0 atom stereocenters. The molecular weight excluding hydrogens is 364 g/mol. The molecule has 1 aliphatic rings. The number of piperidine rings is 1. The number of nitrogens with one attached hydrogen (secondary N) is 2. The van der Waals surface area contributed by atoms with E-state index in [1.54, 1.807) is 7.05 Å². The molecule has 1 aliphatic heterocycles. The van der Waals surface area contributed by atoms with E-state index in [9.17, 15) is 4.79 Å². The number of guanidine groups is 1. The Bertz CT molecular complexity index is 806. The Morgan fingerprint density at radius 3 is 2.62 bits per heavy atom. The molecule has 156 valence electrons. The Morgan fingerprint density at radius 2 is 1.97 bits per heavy atom. The smallest absolute Gasteiger partial charge is 0.225 e. The summed E-state index contributed by atoms with van der Waals surface area (Å²) >= 11 is 0. The SMILES string of the molecule is CN=C(NCc1nccn1Cc1ccccc1)NC1CCN(C(=O)C(C)C)CC1. The van der Waals surface area contributed by atoms with E-state index >= 15 is 0 Å². The molecule has 0 unspecified atom stereocenters. The van der Waals surface area contributed by atoms with E-state index < -0.39 is 0 Å². The molecule has 29 heavy (non-hydrogen) atoms. The molecule has 2 N–H and O–H groups in total. The molecule has 0 aliphatic carbocycles. The molecule has 1 saturated heterocycles. The molecule has 0 radical (unpaired) electrons.